The van der Waals surface area contributed by atoms with Gasteiger partial charge in [-0.05, 0) is 23.8 Å². The molecule has 21 heavy (non-hydrogen) atoms. The first-order valence-corrected chi connectivity index (χ1v) is 7.71. The van der Waals surface area contributed by atoms with E-state index in [2.05, 4.69) is 4.98 Å². The summed E-state index contributed by atoms with van der Waals surface area (Å²) in [5.41, 5.74) is 1.83. The molecule has 0 aliphatic carbocycles. The topological polar surface area (TPSA) is 42.4 Å². The SMILES string of the molecule is COc1ccc2ccccc2c1C(O)Cc1nc(C)cs1. The predicted molar refractivity (Wildman–Crippen MR) is 86.0 cm³/mol. The van der Waals surface area contributed by atoms with Gasteiger partial charge in [0, 0.05) is 23.1 Å². The minimum absolute atomic E-state index is 0.503. The molecule has 1 aromatic heterocycles. The Morgan fingerprint density at radius 3 is 2.76 bits per heavy atom. The summed E-state index contributed by atoms with van der Waals surface area (Å²) in [4.78, 5) is 4.43. The Labute approximate surface area is 127 Å². The summed E-state index contributed by atoms with van der Waals surface area (Å²) >= 11 is 1.58. The van der Waals surface area contributed by atoms with E-state index in [0.29, 0.717) is 6.42 Å². The maximum Gasteiger partial charge on any atom is 0.125 e. The third kappa shape index (κ3) is 2.77. The number of benzene rings is 2. The van der Waals surface area contributed by atoms with Crippen LogP contribution in [0.15, 0.2) is 41.8 Å². The smallest absolute Gasteiger partial charge is 0.125 e. The number of thiazole rings is 1. The lowest BCUT2D eigenvalue weighted by Gasteiger charge is -2.16. The molecule has 108 valence electrons. The van der Waals surface area contributed by atoms with E-state index >= 15 is 0 Å². The number of aliphatic hydroxyl groups is 1. The Morgan fingerprint density at radius 2 is 2.05 bits per heavy atom. The fourth-order valence-electron chi connectivity index (χ4n) is 2.56. The lowest BCUT2D eigenvalue weighted by Crippen LogP contribution is -2.05. The van der Waals surface area contributed by atoms with E-state index in [9.17, 15) is 5.11 Å². The number of ether oxygens (including phenoxy) is 1. The van der Waals surface area contributed by atoms with E-state index in [-0.39, 0.29) is 0 Å². The fourth-order valence-corrected chi connectivity index (χ4v) is 3.37. The predicted octanol–water partition coefficient (Wildman–Crippen LogP) is 3.89. The molecule has 0 spiro atoms. The van der Waals surface area contributed by atoms with Crippen LogP contribution < -0.4 is 4.74 Å². The van der Waals surface area contributed by atoms with Crippen molar-refractivity contribution in [3.05, 3.63) is 58.0 Å². The summed E-state index contributed by atoms with van der Waals surface area (Å²) in [6.45, 7) is 1.96. The standard InChI is InChI=1S/C17H17NO2S/c1-11-10-21-16(18-11)9-14(19)17-13-6-4-3-5-12(13)7-8-15(17)20-2/h3-8,10,14,19H,9H2,1-2H3. The molecule has 0 aliphatic heterocycles. The minimum Gasteiger partial charge on any atom is -0.496 e. The van der Waals surface area contributed by atoms with Crippen LogP contribution in [0.5, 0.6) is 5.75 Å². The molecule has 0 radical (unpaired) electrons. The monoisotopic (exact) mass is 299 g/mol. The number of aromatic nitrogens is 1. The number of aliphatic hydroxyl groups excluding tert-OH is 1. The van der Waals surface area contributed by atoms with Crippen LogP contribution in [0.3, 0.4) is 0 Å². The number of rotatable bonds is 4. The molecule has 1 unspecified atom stereocenters. The molecule has 0 aliphatic rings. The van der Waals surface area contributed by atoms with Crippen molar-refractivity contribution in [2.45, 2.75) is 19.4 Å². The lowest BCUT2D eigenvalue weighted by molar-refractivity contribution is 0.175. The van der Waals surface area contributed by atoms with E-state index in [1.54, 1.807) is 18.4 Å². The van der Waals surface area contributed by atoms with Gasteiger partial charge in [-0.2, -0.15) is 0 Å². The van der Waals surface area contributed by atoms with Gasteiger partial charge in [0.15, 0.2) is 0 Å². The summed E-state index contributed by atoms with van der Waals surface area (Å²) in [5, 5.41) is 15.7. The highest BCUT2D eigenvalue weighted by atomic mass is 32.1. The molecule has 0 amide bonds. The molecule has 0 saturated heterocycles. The van der Waals surface area contributed by atoms with Gasteiger partial charge in [-0.3, -0.25) is 0 Å². The second kappa shape index (κ2) is 5.84. The van der Waals surface area contributed by atoms with Gasteiger partial charge < -0.3 is 9.84 Å². The molecule has 0 bridgehead atoms. The van der Waals surface area contributed by atoms with Crippen LogP contribution in [0.25, 0.3) is 10.8 Å². The molecule has 0 saturated carbocycles. The molecule has 1 N–H and O–H groups in total. The number of methoxy groups -OCH3 is 1. The highest BCUT2D eigenvalue weighted by Crippen LogP contribution is 2.34. The van der Waals surface area contributed by atoms with Crippen molar-refractivity contribution in [3.63, 3.8) is 0 Å². The first-order chi connectivity index (χ1) is 10.2. The Balaban J connectivity index is 2.04. The Hall–Kier alpha value is -1.91. The van der Waals surface area contributed by atoms with Gasteiger partial charge in [0.2, 0.25) is 0 Å². The maximum atomic E-state index is 10.7. The van der Waals surface area contributed by atoms with Crippen LogP contribution in [0.1, 0.15) is 22.4 Å². The molecule has 1 heterocycles. The lowest BCUT2D eigenvalue weighted by atomic mass is 9.97. The maximum absolute atomic E-state index is 10.7. The number of hydrogen-bond acceptors (Lipinski definition) is 4. The Morgan fingerprint density at radius 1 is 1.24 bits per heavy atom. The highest BCUT2D eigenvalue weighted by molar-refractivity contribution is 7.09. The molecule has 1 atom stereocenters. The first kappa shape index (κ1) is 14.0. The zero-order valence-corrected chi connectivity index (χ0v) is 12.9. The third-order valence-electron chi connectivity index (χ3n) is 3.52. The number of aryl methyl sites for hydroxylation is 1. The zero-order valence-electron chi connectivity index (χ0n) is 12.0. The summed E-state index contributed by atoms with van der Waals surface area (Å²) in [5.74, 6) is 0.717. The van der Waals surface area contributed by atoms with Crippen molar-refractivity contribution in [1.82, 2.24) is 4.98 Å². The number of fused-ring (bicyclic) bond motifs is 1. The second-order valence-electron chi connectivity index (χ2n) is 5.01. The van der Waals surface area contributed by atoms with Crippen molar-refractivity contribution in [1.29, 1.82) is 0 Å². The van der Waals surface area contributed by atoms with Crippen LogP contribution in [-0.2, 0) is 6.42 Å². The van der Waals surface area contributed by atoms with Crippen molar-refractivity contribution >= 4 is 22.1 Å². The summed E-state index contributed by atoms with van der Waals surface area (Å²) in [6.07, 6.45) is -0.125. The van der Waals surface area contributed by atoms with Gasteiger partial charge in [-0.25, -0.2) is 4.98 Å². The van der Waals surface area contributed by atoms with Crippen molar-refractivity contribution in [2.24, 2.45) is 0 Å². The van der Waals surface area contributed by atoms with Gasteiger partial charge in [-0.15, -0.1) is 11.3 Å². The van der Waals surface area contributed by atoms with Crippen molar-refractivity contribution in [3.8, 4) is 5.75 Å². The van der Waals surface area contributed by atoms with Crippen molar-refractivity contribution < 1.29 is 9.84 Å². The number of nitrogens with zero attached hydrogens (tertiary/aromatic N) is 1. The second-order valence-corrected chi connectivity index (χ2v) is 5.95. The quantitative estimate of drug-likeness (QED) is 0.794. The van der Waals surface area contributed by atoms with Gasteiger partial charge >= 0.3 is 0 Å². The summed E-state index contributed by atoms with van der Waals surface area (Å²) in [7, 11) is 1.63. The van der Waals surface area contributed by atoms with E-state index in [0.717, 1.165) is 32.8 Å². The molecule has 3 nitrogen and oxygen atoms in total. The summed E-state index contributed by atoms with van der Waals surface area (Å²) < 4.78 is 5.44. The highest BCUT2D eigenvalue weighted by Gasteiger charge is 2.18. The van der Waals surface area contributed by atoms with Crippen LogP contribution in [-0.4, -0.2) is 17.2 Å². The van der Waals surface area contributed by atoms with E-state index in [1.807, 2.05) is 48.7 Å². The Kier molecular flexibility index (Phi) is 3.90. The van der Waals surface area contributed by atoms with Gasteiger partial charge in [0.1, 0.15) is 5.75 Å². The largest absolute Gasteiger partial charge is 0.496 e. The molecule has 3 aromatic rings. The third-order valence-corrected chi connectivity index (χ3v) is 4.51. The van der Waals surface area contributed by atoms with Gasteiger partial charge in [0.05, 0.1) is 18.2 Å². The zero-order chi connectivity index (χ0) is 14.8. The van der Waals surface area contributed by atoms with Crippen LogP contribution in [0.2, 0.25) is 0 Å². The van der Waals surface area contributed by atoms with Gasteiger partial charge in [0.25, 0.3) is 0 Å². The van der Waals surface area contributed by atoms with E-state index in [1.165, 1.54) is 0 Å². The van der Waals surface area contributed by atoms with Crippen LogP contribution in [0.4, 0.5) is 0 Å². The normalized spacial score (nSPS) is 12.5. The molecule has 0 fully saturated rings. The molecular formula is C17H17NO2S. The number of hydrogen-bond donors (Lipinski definition) is 1. The van der Waals surface area contributed by atoms with Crippen molar-refractivity contribution in [2.75, 3.05) is 7.11 Å². The molecular weight excluding hydrogens is 282 g/mol. The average molecular weight is 299 g/mol. The summed E-state index contributed by atoms with van der Waals surface area (Å²) in [6, 6.07) is 12.0. The molecule has 4 heteroatoms. The Bertz CT molecular complexity index is 766. The minimum atomic E-state index is -0.628. The average Bonchev–Trinajstić information content (AvgIpc) is 2.90. The van der Waals surface area contributed by atoms with E-state index in [4.69, 9.17) is 4.74 Å². The fraction of sp³-hybridized carbons (Fsp3) is 0.235. The van der Waals surface area contributed by atoms with Crippen LogP contribution in [0, 0.1) is 6.92 Å². The first-order valence-electron chi connectivity index (χ1n) is 6.83. The molecule has 3 rings (SSSR count). The van der Waals surface area contributed by atoms with Gasteiger partial charge in [-0.1, -0.05) is 30.3 Å². The molecule has 2 aromatic carbocycles. The van der Waals surface area contributed by atoms with Crippen LogP contribution >= 0.6 is 11.3 Å². The van der Waals surface area contributed by atoms with E-state index < -0.39 is 6.10 Å².